The van der Waals surface area contributed by atoms with Crippen molar-refractivity contribution in [3.05, 3.63) is 94.3 Å². The van der Waals surface area contributed by atoms with Gasteiger partial charge in [-0.3, -0.25) is 0 Å². The molecule has 34 heavy (non-hydrogen) atoms. The van der Waals surface area contributed by atoms with E-state index in [4.69, 9.17) is 0 Å². The van der Waals surface area contributed by atoms with Crippen LogP contribution in [0.4, 0.5) is 13.2 Å². The van der Waals surface area contributed by atoms with Crippen molar-refractivity contribution < 1.29 is 13.2 Å². The highest BCUT2D eigenvalue weighted by Crippen LogP contribution is 2.40. The van der Waals surface area contributed by atoms with Gasteiger partial charge in [-0.15, -0.1) is 0 Å². The van der Waals surface area contributed by atoms with Gasteiger partial charge in [-0.1, -0.05) is 68.8 Å². The second-order valence-electron chi connectivity index (χ2n) is 9.81. The van der Waals surface area contributed by atoms with Crippen molar-refractivity contribution in [3.63, 3.8) is 0 Å². The highest BCUT2D eigenvalue weighted by Gasteiger charge is 2.26. The summed E-state index contributed by atoms with van der Waals surface area (Å²) in [5.41, 5.74) is 4.56. The topological polar surface area (TPSA) is 0 Å². The van der Waals surface area contributed by atoms with Gasteiger partial charge in [0.1, 0.15) is 5.82 Å². The fourth-order valence-electron chi connectivity index (χ4n) is 5.38. The zero-order chi connectivity index (χ0) is 24.1. The van der Waals surface area contributed by atoms with E-state index in [2.05, 4.69) is 13.8 Å². The third-order valence-corrected chi connectivity index (χ3v) is 7.55. The number of hydrogen-bond donors (Lipinski definition) is 0. The summed E-state index contributed by atoms with van der Waals surface area (Å²) in [6.45, 7) is 4.17. The quantitative estimate of drug-likeness (QED) is 0.312. The summed E-state index contributed by atoms with van der Waals surface area (Å²) < 4.78 is 44.4. The molecule has 0 nitrogen and oxygen atoms in total. The maximum absolute atomic E-state index is 15.1. The Balaban J connectivity index is 1.36. The van der Waals surface area contributed by atoms with Crippen LogP contribution >= 0.6 is 0 Å². The summed E-state index contributed by atoms with van der Waals surface area (Å²) in [6, 6.07) is 16.8. The number of aryl methyl sites for hydroxylation is 3. The highest BCUT2D eigenvalue weighted by molar-refractivity contribution is 5.65. The molecule has 0 amide bonds. The molecule has 0 aromatic heterocycles. The van der Waals surface area contributed by atoms with E-state index in [9.17, 15) is 8.78 Å². The van der Waals surface area contributed by atoms with Crippen molar-refractivity contribution in [2.24, 2.45) is 5.92 Å². The third-order valence-electron chi connectivity index (χ3n) is 7.55. The first-order valence-electron chi connectivity index (χ1n) is 12.8. The molecule has 1 fully saturated rings. The maximum Gasteiger partial charge on any atom is 0.166 e. The van der Waals surface area contributed by atoms with Gasteiger partial charge >= 0.3 is 0 Å². The van der Waals surface area contributed by atoms with Gasteiger partial charge in [0, 0.05) is 5.56 Å². The summed E-state index contributed by atoms with van der Waals surface area (Å²) in [4.78, 5) is 0. The normalized spacial score (nSPS) is 18.3. The molecule has 0 spiro atoms. The van der Waals surface area contributed by atoms with Gasteiger partial charge in [0.2, 0.25) is 0 Å². The molecule has 0 bridgehead atoms. The Morgan fingerprint density at radius 2 is 1.44 bits per heavy atom. The van der Waals surface area contributed by atoms with Crippen molar-refractivity contribution in [2.45, 2.75) is 77.6 Å². The Bertz CT molecular complexity index is 1090. The first-order chi connectivity index (χ1) is 16.5. The average Bonchev–Trinajstić information content (AvgIpc) is 2.86. The van der Waals surface area contributed by atoms with Crippen LogP contribution in [-0.4, -0.2) is 0 Å². The van der Waals surface area contributed by atoms with Crippen LogP contribution in [0, 0.1) is 23.4 Å². The Morgan fingerprint density at radius 3 is 2.09 bits per heavy atom. The van der Waals surface area contributed by atoms with Crippen molar-refractivity contribution in [3.8, 4) is 11.1 Å². The minimum absolute atomic E-state index is 0.0485. The molecule has 0 radical (unpaired) electrons. The Kier molecular flexibility index (Phi) is 8.13. The lowest BCUT2D eigenvalue weighted by Crippen LogP contribution is -2.16. The summed E-state index contributed by atoms with van der Waals surface area (Å²) >= 11 is 0. The van der Waals surface area contributed by atoms with Crippen LogP contribution < -0.4 is 0 Å². The largest absolute Gasteiger partial charge is 0.207 e. The molecule has 180 valence electrons. The molecule has 0 saturated heterocycles. The number of hydrogen-bond acceptors (Lipinski definition) is 0. The minimum atomic E-state index is -0.745. The van der Waals surface area contributed by atoms with E-state index in [0.717, 1.165) is 68.9 Å². The van der Waals surface area contributed by atoms with Crippen LogP contribution in [-0.2, 0) is 19.3 Å². The van der Waals surface area contributed by atoms with Crippen LogP contribution in [0.15, 0.2) is 54.6 Å². The molecule has 0 heterocycles. The van der Waals surface area contributed by atoms with E-state index in [-0.39, 0.29) is 11.7 Å². The standard InChI is InChI=1S/C31H35F3/c1-3-5-23-11-17-26(29(32)20-23)16-10-22-8-14-25(15-9-22)28-19-18-27(30(33)31(28)34)24-12-6-21(4-2)7-13-24/h6-7,11-13,17-20,22,25H,3-5,8-10,14-16H2,1-2H3. The smallest absolute Gasteiger partial charge is 0.166 e. The first kappa shape index (κ1) is 24.6. The van der Waals surface area contributed by atoms with Crippen LogP contribution in [0.2, 0.25) is 0 Å². The van der Waals surface area contributed by atoms with Crippen LogP contribution in [0.1, 0.15) is 80.5 Å². The average molecular weight is 465 g/mol. The van der Waals surface area contributed by atoms with E-state index >= 15 is 4.39 Å². The van der Waals surface area contributed by atoms with E-state index in [1.807, 2.05) is 36.4 Å². The van der Waals surface area contributed by atoms with Gasteiger partial charge < -0.3 is 0 Å². The van der Waals surface area contributed by atoms with E-state index in [1.54, 1.807) is 18.2 Å². The fraction of sp³-hybridized carbons (Fsp3) is 0.419. The van der Waals surface area contributed by atoms with Gasteiger partial charge in [0.15, 0.2) is 11.6 Å². The van der Waals surface area contributed by atoms with Gasteiger partial charge in [0.05, 0.1) is 0 Å². The maximum atomic E-state index is 15.1. The lowest BCUT2D eigenvalue weighted by atomic mass is 9.76. The predicted octanol–water partition coefficient (Wildman–Crippen LogP) is 9.19. The SMILES string of the molecule is CCCc1ccc(CCC2CCC(c3ccc(-c4ccc(CC)cc4)c(F)c3F)CC2)c(F)c1. The van der Waals surface area contributed by atoms with Crippen molar-refractivity contribution in [1.82, 2.24) is 0 Å². The van der Waals surface area contributed by atoms with Gasteiger partial charge in [-0.25, -0.2) is 13.2 Å². The lowest BCUT2D eigenvalue weighted by Gasteiger charge is -2.29. The lowest BCUT2D eigenvalue weighted by molar-refractivity contribution is 0.304. The van der Waals surface area contributed by atoms with E-state index in [0.29, 0.717) is 22.6 Å². The zero-order valence-electron chi connectivity index (χ0n) is 20.3. The van der Waals surface area contributed by atoms with Gasteiger partial charge in [-0.05, 0) is 97.1 Å². The summed E-state index contributed by atoms with van der Waals surface area (Å²) in [6.07, 6.45) is 8.17. The Morgan fingerprint density at radius 1 is 0.735 bits per heavy atom. The molecule has 1 aliphatic carbocycles. The zero-order valence-corrected chi connectivity index (χ0v) is 20.3. The molecule has 1 saturated carbocycles. The first-order valence-corrected chi connectivity index (χ1v) is 12.8. The van der Waals surface area contributed by atoms with Gasteiger partial charge in [-0.2, -0.15) is 0 Å². The molecule has 3 aromatic carbocycles. The molecule has 3 aromatic rings. The molecule has 0 unspecified atom stereocenters. The Labute approximate surface area is 202 Å². The van der Waals surface area contributed by atoms with Crippen LogP contribution in [0.3, 0.4) is 0 Å². The second-order valence-corrected chi connectivity index (χ2v) is 9.81. The van der Waals surface area contributed by atoms with E-state index in [1.165, 1.54) is 5.56 Å². The summed E-state index contributed by atoms with van der Waals surface area (Å²) in [5.74, 6) is -0.982. The van der Waals surface area contributed by atoms with Crippen LogP contribution in [0.5, 0.6) is 0 Å². The molecule has 1 aliphatic rings. The third kappa shape index (κ3) is 5.56. The number of halogens is 3. The molecule has 0 atom stereocenters. The van der Waals surface area contributed by atoms with Crippen molar-refractivity contribution in [1.29, 1.82) is 0 Å². The monoisotopic (exact) mass is 464 g/mol. The minimum Gasteiger partial charge on any atom is -0.207 e. The molecule has 0 N–H and O–H groups in total. The van der Waals surface area contributed by atoms with E-state index < -0.39 is 11.6 Å². The van der Waals surface area contributed by atoms with Crippen LogP contribution in [0.25, 0.3) is 11.1 Å². The second kappa shape index (κ2) is 11.3. The number of rotatable bonds is 8. The molecule has 4 rings (SSSR count). The van der Waals surface area contributed by atoms with Crippen molar-refractivity contribution >= 4 is 0 Å². The highest BCUT2D eigenvalue weighted by atomic mass is 19.2. The molecular weight excluding hydrogens is 429 g/mol. The molecule has 0 aliphatic heterocycles. The number of benzene rings is 3. The summed E-state index contributed by atoms with van der Waals surface area (Å²) in [7, 11) is 0. The molecular formula is C31H35F3. The predicted molar refractivity (Wildman–Crippen MR) is 135 cm³/mol. The van der Waals surface area contributed by atoms with Gasteiger partial charge in [0.25, 0.3) is 0 Å². The molecule has 3 heteroatoms. The Hall–Kier alpha value is -2.55. The fourth-order valence-corrected chi connectivity index (χ4v) is 5.38. The van der Waals surface area contributed by atoms with Crippen molar-refractivity contribution in [2.75, 3.05) is 0 Å². The summed E-state index contributed by atoms with van der Waals surface area (Å²) in [5, 5.41) is 0.